The zero-order valence-electron chi connectivity index (χ0n) is 15.1. The number of rotatable bonds is 3. The van der Waals surface area contributed by atoms with Gasteiger partial charge in [-0.1, -0.05) is 24.4 Å². The Kier molecular flexibility index (Phi) is 6.94. The van der Waals surface area contributed by atoms with Crippen molar-refractivity contribution in [3.8, 4) is 0 Å². The molecule has 2 aliphatic rings. The first-order chi connectivity index (χ1) is 11.9. The van der Waals surface area contributed by atoms with E-state index in [1.165, 1.54) is 0 Å². The highest BCUT2D eigenvalue weighted by molar-refractivity contribution is 6.34. The maximum Gasteiger partial charge on any atom is 0.255 e. The molecule has 26 heavy (non-hydrogen) atoms. The molecule has 0 bridgehead atoms. The van der Waals surface area contributed by atoms with Gasteiger partial charge in [0.1, 0.15) is 0 Å². The molecule has 7 heteroatoms. The average Bonchev–Trinajstić information content (AvgIpc) is 3.03. The van der Waals surface area contributed by atoms with Gasteiger partial charge in [-0.2, -0.15) is 0 Å². The van der Waals surface area contributed by atoms with Gasteiger partial charge in [0, 0.05) is 18.3 Å². The smallest absolute Gasteiger partial charge is 0.255 e. The van der Waals surface area contributed by atoms with Crippen LogP contribution in [0.2, 0.25) is 5.02 Å². The predicted molar refractivity (Wildman–Crippen MR) is 107 cm³/mol. The van der Waals surface area contributed by atoms with Crippen molar-refractivity contribution in [2.24, 2.45) is 5.73 Å². The number of likely N-dealkylation sites (tertiary alicyclic amines) is 1. The minimum atomic E-state index is -0.787. The van der Waals surface area contributed by atoms with E-state index in [2.05, 4.69) is 12.2 Å². The third-order valence-electron chi connectivity index (χ3n) is 5.47. The molecule has 2 fully saturated rings. The van der Waals surface area contributed by atoms with Crippen LogP contribution in [0.15, 0.2) is 18.2 Å². The van der Waals surface area contributed by atoms with Crippen molar-refractivity contribution in [3.63, 3.8) is 0 Å². The molecule has 0 aromatic heterocycles. The number of hydrogen-bond acceptors (Lipinski definition) is 3. The zero-order chi connectivity index (χ0) is 18.0. The molecule has 3 N–H and O–H groups in total. The number of benzene rings is 1. The van der Waals surface area contributed by atoms with Gasteiger partial charge < -0.3 is 16.0 Å². The molecule has 1 atom stereocenters. The van der Waals surface area contributed by atoms with Gasteiger partial charge in [0.25, 0.3) is 5.91 Å². The van der Waals surface area contributed by atoms with Crippen molar-refractivity contribution in [1.82, 2.24) is 4.90 Å². The van der Waals surface area contributed by atoms with Crippen LogP contribution in [0, 0.1) is 0 Å². The summed E-state index contributed by atoms with van der Waals surface area (Å²) in [5, 5.41) is 3.21. The molecular weight excluding hydrogens is 373 g/mol. The standard InChI is InChI=1S/C19H26ClN3O2.ClH/c1-13-6-2-5-11-23(13)17(24)15-8-7-14(12-16(15)20)22-18(25)19(21)9-3-4-10-19;/h7-8,12-13H,2-6,9-11,21H2,1H3,(H,22,25);1H. The predicted octanol–water partition coefficient (Wildman–Crippen LogP) is 3.99. The molecule has 0 spiro atoms. The van der Waals surface area contributed by atoms with Crippen molar-refractivity contribution >= 4 is 41.5 Å². The lowest BCUT2D eigenvalue weighted by atomic mass is 9.98. The van der Waals surface area contributed by atoms with E-state index in [9.17, 15) is 9.59 Å². The molecule has 2 amide bonds. The summed E-state index contributed by atoms with van der Waals surface area (Å²) in [5.74, 6) is -0.217. The van der Waals surface area contributed by atoms with Gasteiger partial charge in [0.2, 0.25) is 5.91 Å². The first kappa shape index (κ1) is 21.0. The van der Waals surface area contributed by atoms with Crippen LogP contribution in [0.25, 0.3) is 0 Å². The minimum Gasteiger partial charge on any atom is -0.336 e. The summed E-state index contributed by atoms with van der Waals surface area (Å²) in [6, 6.07) is 5.29. The van der Waals surface area contributed by atoms with Crippen LogP contribution in [0.3, 0.4) is 0 Å². The molecule has 1 saturated heterocycles. The van der Waals surface area contributed by atoms with Crippen LogP contribution in [0.1, 0.15) is 62.2 Å². The fourth-order valence-corrected chi connectivity index (χ4v) is 4.07. The van der Waals surface area contributed by atoms with E-state index in [4.69, 9.17) is 17.3 Å². The van der Waals surface area contributed by atoms with Gasteiger partial charge in [-0.15, -0.1) is 12.4 Å². The molecule has 1 heterocycles. The van der Waals surface area contributed by atoms with Crippen molar-refractivity contribution in [1.29, 1.82) is 0 Å². The molecule has 1 aliphatic carbocycles. The molecule has 5 nitrogen and oxygen atoms in total. The Morgan fingerprint density at radius 3 is 2.54 bits per heavy atom. The van der Waals surface area contributed by atoms with Crippen LogP contribution in [0.4, 0.5) is 5.69 Å². The number of carbonyl (C=O) groups excluding carboxylic acids is 2. The first-order valence-corrected chi connectivity index (χ1v) is 9.49. The summed E-state index contributed by atoms with van der Waals surface area (Å²) in [6.45, 7) is 2.84. The number of nitrogens with one attached hydrogen (secondary N) is 1. The zero-order valence-corrected chi connectivity index (χ0v) is 16.7. The Labute approximate surface area is 166 Å². The summed E-state index contributed by atoms with van der Waals surface area (Å²) in [5.41, 5.74) is 6.45. The van der Waals surface area contributed by atoms with Gasteiger partial charge in [0.05, 0.1) is 16.1 Å². The molecule has 0 radical (unpaired) electrons. The lowest BCUT2D eigenvalue weighted by Crippen LogP contribution is -2.48. The first-order valence-electron chi connectivity index (χ1n) is 9.11. The van der Waals surface area contributed by atoms with E-state index in [0.29, 0.717) is 29.1 Å². The summed E-state index contributed by atoms with van der Waals surface area (Å²) < 4.78 is 0. The molecule has 1 aromatic carbocycles. The number of carbonyl (C=O) groups is 2. The quantitative estimate of drug-likeness (QED) is 0.806. The Morgan fingerprint density at radius 1 is 1.23 bits per heavy atom. The van der Waals surface area contributed by atoms with E-state index in [-0.39, 0.29) is 30.3 Å². The number of hydrogen-bond donors (Lipinski definition) is 2. The fraction of sp³-hybridized carbons (Fsp3) is 0.579. The van der Waals surface area contributed by atoms with Gasteiger partial charge >= 0.3 is 0 Å². The van der Waals surface area contributed by atoms with Crippen molar-refractivity contribution in [2.75, 3.05) is 11.9 Å². The Bertz CT molecular complexity index is 675. The third kappa shape index (κ3) is 4.33. The van der Waals surface area contributed by atoms with Gasteiger partial charge in [-0.05, 0) is 57.2 Å². The summed E-state index contributed by atoms with van der Waals surface area (Å²) in [6.07, 6.45) is 6.57. The van der Waals surface area contributed by atoms with E-state index in [1.807, 2.05) is 4.90 Å². The second-order valence-corrected chi connectivity index (χ2v) is 7.76. The van der Waals surface area contributed by atoms with Crippen LogP contribution >= 0.6 is 24.0 Å². The number of halogens is 2. The molecule has 1 saturated carbocycles. The number of nitrogens with zero attached hydrogens (tertiary/aromatic N) is 1. The highest BCUT2D eigenvalue weighted by Crippen LogP contribution is 2.30. The highest BCUT2D eigenvalue weighted by atomic mass is 35.5. The molecule has 3 rings (SSSR count). The molecule has 1 aromatic rings. The van der Waals surface area contributed by atoms with E-state index >= 15 is 0 Å². The topological polar surface area (TPSA) is 75.4 Å². The number of anilines is 1. The third-order valence-corrected chi connectivity index (χ3v) is 5.78. The highest BCUT2D eigenvalue weighted by Gasteiger charge is 2.37. The van der Waals surface area contributed by atoms with E-state index in [0.717, 1.165) is 38.6 Å². The monoisotopic (exact) mass is 399 g/mol. The number of amides is 2. The lowest BCUT2D eigenvalue weighted by molar-refractivity contribution is -0.121. The SMILES string of the molecule is CC1CCCCN1C(=O)c1ccc(NC(=O)C2(N)CCCC2)cc1Cl.Cl. The minimum absolute atomic E-state index is 0. The second kappa shape index (κ2) is 8.59. The number of nitrogens with two attached hydrogens (primary N) is 1. The maximum atomic E-state index is 12.8. The van der Waals surface area contributed by atoms with E-state index in [1.54, 1.807) is 18.2 Å². The Balaban J connectivity index is 0.00000243. The summed E-state index contributed by atoms with van der Waals surface area (Å²) in [4.78, 5) is 27.0. The maximum absolute atomic E-state index is 12.8. The molecule has 144 valence electrons. The van der Waals surface area contributed by atoms with Gasteiger partial charge in [-0.3, -0.25) is 9.59 Å². The molecule has 1 aliphatic heterocycles. The lowest BCUT2D eigenvalue weighted by Gasteiger charge is -2.33. The Hall–Kier alpha value is -1.30. The van der Waals surface area contributed by atoms with Crippen molar-refractivity contribution in [3.05, 3.63) is 28.8 Å². The average molecular weight is 400 g/mol. The van der Waals surface area contributed by atoms with Crippen LogP contribution in [-0.2, 0) is 4.79 Å². The Morgan fingerprint density at radius 2 is 1.92 bits per heavy atom. The van der Waals surface area contributed by atoms with Gasteiger partial charge in [0.15, 0.2) is 0 Å². The molecule has 1 unspecified atom stereocenters. The largest absolute Gasteiger partial charge is 0.336 e. The fourth-order valence-electron chi connectivity index (χ4n) is 3.81. The van der Waals surface area contributed by atoms with Crippen LogP contribution < -0.4 is 11.1 Å². The van der Waals surface area contributed by atoms with Gasteiger partial charge in [-0.25, -0.2) is 0 Å². The van der Waals surface area contributed by atoms with Crippen molar-refractivity contribution < 1.29 is 9.59 Å². The summed E-state index contributed by atoms with van der Waals surface area (Å²) >= 11 is 6.34. The van der Waals surface area contributed by atoms with Crippen LogP contribution in [0.5, 0.6) is 0 Å². The normalized spacial score (nSPS) is 21.8. The van der Waals surface area contributed by atoms with Crippen molar-refractivity contribution in [2.45, 2.75) is 63.5 Å². The summed E-state index contributed by atoms with van der Waals surface area (Å²) in [7, 11) is 0. The molecular formula is C19H27Cl2N3O2. The number of piperidine rings is 1. The van der Waals surface area contributed by atoms with Crippen LogP contribution in [-0.4, -0.2) is 34.8 Å². The second-order valence-electron chi connectivity index (χ2n) is 7.36. The van der Waals surface area contributed by atoms with E-state index < -0.39 is 5.54 Å².